The highest BCUT2D eigenvalue weighted by Crippen LogP contribution is 2.28. The Balaban J connectivity index is 2.81. The summed E-state index contributed by atoms with van der Waals surface area (Å²) in [5.41, 5.74) is 1.08. The van der Waals surface area contributed by atoms with Crippen molar-refractivity contribution in [3.63, 3.8) is 0 Å². The summed E-state index contributed by atoms with van der Waals surface area (Å²) in [4.78, 5) is 8.65. The van der Waals surface area contributed by atoms with Crippen molar-refractivity contribution < 1.29 is 0 Å². The second kappa shape index (κ2) is 8.18. The maximum absolute atomic E-state index is 4.46. The molecule has 0 amide bonds. The van der Waals surface area contributed by atoms with Crippen molar-refractivity contribution in [1.82, 2.24) is 15.3 Å². The third-order valence-corrected chi connectivity index (χ3v) is 3.12. The lowest BCUT2D eigenvalue weighted by atomic mass is 9.88. The van der Waals surface area contributed by atoms with Crippen LogP contribution in [-0.4, -0.2) is 16.5 Å². The van der Waals surface area contributed by atoms with Gasteiger partial charge in [-0.15, -0.1) is 0 Å². The van der Waals surface area contributed by atoms with Crippen molar-refractivity contribution in [2.75, 3.05) is 6.54 Å². The van der Waals surface area contributed by atoms with Crippen LogP contribution in [0.4, 0.5) is 0 Å². The van der Waals surface area contributed by atoms with Crippen molar-refractivity contribution in [2.45, 2.75) is 52.5 Å². The Hall–Kier alpha value is -0.960. The molecule has 1 atom stereocenters. The molecule has 0 radical (unpaired) electrons. The zero-order valence-electron chi connectivity index (χ0n) is 11.3. The zero-order chi connectivity index (χ0) is 12.5. The van der Waals surface area contributed by atoms with E-state index in [1.54, 1.807) is 12.4 Å². The van der Waals surface area contributed by atoms with Crippen molar-refractivity contribution >= 4 is 0 Å². The fourth-order valence-corrected chi connectivity index (χ4v) is 2.42. The number of nitrogens with one attached hydrogen (secondary N) is 1. The number of nitrogens with zero attached hydrogens (tertiary/aromatic N) is 2. The molecule has 1 unspecified atom stereocenters. The van der Waals surface area contributed by atoms with Gasteiger partial charge in [-0.1, -0.05) is 33.6 Å². The first-order chi connectivity index (χ1) is 8.33. The molecule has 1 aromatic rings. The zero-order valence-corrected chi connectivity index (χ0v) is 11.3. The molecule has 1 aromatic heterocycles. The van der Waals surface area contributed by atoms with Crippen LogP contribution in [0.25, 0.3) is 0 Å². The lowest BCUT2D eigenvalue weighted by Gasteiger charge is -2.26. The van der Waals surface area contributed by atoms with E-state index < -0.39 is 0 Å². The summed E-state index contributed by atoms with van der Waals surface area (Å²) in [6.07, 6.45) is 10.4. The molecule has 0 aliphatic carbocycles. The van der Waals surface area contributed by atoms with E-state index in [0.29, 0.717) is 12.0 Å². The Kier molecular flexibility index (Phi) is 6.78. The molecular weight excluding hydrogens is 210 g/mol. The van der Waals surface area contributed by atoms with Crippen LogP contribution >= 0.6 is 0 Å². The van der Waals surface area contributed by atoms with Crippen LogP contribution in [-0.2, 0) is 0 Å². The predicted molar refractivity (Wildman–Crippen MR) is 71.8 cm³/mol. The molecule has 0 fully saturated rings. The summed E-state index contributed by atoms with van der Waals surface area (Å²) >= 11 is 0. The van der Waals surface area contributed by atoms with Gasteiger partial charge in [-0.3, -0.25) is 9.97 Å². The van der Waals surface area contributed by atoms with Crippen molar-refractivity contribution in [3.05, 3.63) is 24.3 Å². The second-order valence-electron chi connectivity index (χ2n) is 4.50. The Bertz CT molecular complexity index is 281. The molecule has 0 spiro atoms. The van der Waals surface area contributed by atoms with Gasteiger partial charge < -0.3 is 5.32 Å². The van der Waals surface area contributed by atoms with Crippen LogP contribution in [0.5, 0.6) is 0 Å². The molecule has 1 heterocycles. The minimum Gasteiger partial charge on any atom is -0.309 e. The first-order valence-electron chi connectivity index (χ1n) is 6.82. The summed E-state index contributed by atoms with van der Waals surface area (Å²) in [6, 6.07) is 0.355. The molecule has 0 aliphatic heterocycles. The predicted octanol–water partition coefficient (Wildman–Crippen LogP) is 3.34. The summed E-state index contributed by atoms with van der Waals surface area (Å²) in [5, 5.41) is 3.57. The minimum absolute atomic E-state index is 0.355. The van der Waals surface area contributed by atoms with Crippen molar-refractivity contribution in [2.24, 2.45) is 5.92 Å². The topological polar surface area (TPSA) is 37.8 Å². The van der Waals surface area contributed by atoms with Gasteiger partial charge in [-0.2, -0.15) is 0 Å². The quantitative estimate of drug-likeness (QED) is 0.751. The molecule has 0 saturated heterocycles. The summed E-state index contributed by atoms with van der Waals surface area (Å²) in [5.74, 6) is 0.668. The largest absolute Gasteiger partial charge is 0.309 e. The van der Waals surface area contributed by atoms with Crippen LogP contribution in [0.2, 0.25) is 0 Å². The SMILES string of the molecule is CCCC(CCC)C(NCC)c1cnccn1. The first-order valence-corrected chi connectivity index (χ1v) is 6.82. The number of hydrogen-bond donors (Lipinski definition) is 1. The van der Waals surface area contributed by atoms with Crippen molar-refractivity contribution in [1.29, 1.82) is 0 Å². The highest BCUT2D eigenvalue weighted by Gasteiger charge is 2.22. The third-order valence-electron chi connectivity index (χ3n) is 3.12. The second-order valence-corrected chi connectivity index (χ2v) is 4.50. The molecule has 17 heavy (non-hydrogen) atoms. The van der Waals surface area contributed by atoms with E-state index in [-0.39, 0.29) is 0 Å². The summed E-state index contributed by atoms with van der Waals surface area (Å²) < 4.78 is 0. The Morgan fingerprint density at radius 1 is 1.12 bits per heavy atom. The molecule has 0 bridgehead atoms. The molecule has 3 nitrogen and oxygen atoms in total. The Morgan fingerprint density at radius 2 is 1.82 bits per heavy atom. The molecule has 3 heteroatoms. The van der Waals surface area contributed by atoms with E-state index in [4.69, 9.17) is 0 Å². The smallest absolute Gasteiger partial charge is 0.0758 e. The fourth-order valence-electron chi connectivity index (χ4n) is 2.42. The van der Waals surface area contributed by atoms with E-state index in [1.807, 2.05) is 6.20 Å². The molecule has 0 aliphatic rings. The Labute approximate surface area is 105 Å². The van der Waals surface area contributed by atoms with E-state index in [2.05, 4.69) is 36.1 Å². The van der Waals surface area contributed by atoms with Gasteiger partial charge in [-0.25, -0.2) is 0 Å². The normalized spacial score (nSPS) is 12.9. The fraction of sp³-hybridized carbons (Fsp3) is 0.714. The number of aromatic nitrogens is 2. The number of rotatable bonds is 8. The Morgan fingerprint density at radius 3 is 2.29 bits per heavy atom. The van der Waals surface area contributed by atoms with Crippen LogP contribution in [0, 0.1) is 5.92 Å². The maximum Gasteiger partial charge on any atom is 0.0758 e. The highest BCUT2D eigenvalue weighted by atomic mass is 14.9. The minimum atomic E-state index is 0.355. The van der Waals surface area contributed by atoms with Gasteiger partial charge in [0.2, 0.25) is 0 Å². The molecule has 96 valence electrons. The highest BCUT2D eigenvalue weighted by molar-refractivity contribution is 5.04. The van der Waals surface area contributed by atoms with Gasteiger partial charge in [0.05, 0.1) is 11.7 Å². The van der Waals surface area contributed by atoms with Crippen LogP contribution < -0.4 is 5.32 Å². The van der Waals surface area contributed by atoms with E-state index in [0.717, 1.165) is 12.2 Å². The van der Waals surface area contributed by atoms with Crippen molar-refractivity contribution in [3.8, 4) is 0 Å². The first kappa shape index (κ1) is 14.1. The third kappa shape index (κ3) is 4.43. The van der Waals surface area contributed by atoms with Gasteiger partial charge >= 0.3 is 0 Å². The molecular formula is C14H25N3. The average molecular weight is 235 g/mol. The molecule has 1 N–H and O–H groups in total. The monoisotopic (exact) mass is 235 g/mol. The van der Waals surface area contributed by atoms with Gasteiger partial charge in [0.15, 0.2) is 0 Å². The van der Waals surface area contributed by atoms with Crippen LogP contribution in [0.3, 0.4) is 0 Å². The average Bonchev–Trinajstić information content (AvgIpc) is 2.37. The van der Waals surface area contributed by atoms with E-state index >= 15 is 0 Å². The van der Waals surface area contributed by atoms with Gasteiger partial charge in [0, 0.05) is 18.6 Å². The standard InChI is InChI=1S/C14H25N3/c1-4-7-12(8-5-2)14(16-6-3)13-11-15-9-10-17-13/h9-12,14,16H,4-8H2,1-3H3. The van der Waals surface area contributed by atoms with E-state index in [1.165, 1.54) is 25.7 Å². The van der Waals surface area contributed by atoms with Crippen LogP contribution in [0.15, 0.2) is 18.6 Å². The van der Waals surface area contributed by atoms with Crippen LogP contribution in [0.1, 0.15) is 58.2 Å². The molecule has 0 aromatic carbocycles. The summed E-state index contributed by atoms with van der Waals surface area (Å²) in [6.45, 7) is 7.63. The number of hydrogen-bond acceptors (Lipinski definition) is 3. The summed E-state index contributed by atoms with van der Waals surface area (Å²) in [7, 11) is 0. The lowest BCUT2D eigenvalue weighted by Crippen LogP contribution is -2.29. The maximum atomic E-state index is 4.46. The van der Waals surface area contributed by atoms with E-state index in [9.17, 15) is 0 Å². The lowest BCUT2D eigenvalue weighted by molar-refractivity contribution is 0.314. The molecule has 1 rings (SSSR count). The van der Waals surface area contributed by atoms with Gasteiger partial charge in [0.25, 0.3) is 0 Å². The van der Waals surface area contributed by atoms with Gasteiger partial charge in [0.1, 0.15) is 0 Å². The molecule has 0 saturated carbocycles. The van der Waals surface area contributed by atoms with Gasteiger partial charge in [-0.05, 0) is 25.3 Å².